The van der Waals surface area contributed by atoms with Crippen LogP contribution in [0.15, 0.2) is 18.2 Å². The van der Waals surface area contributed by atoms with Crippen LogP contribution in [0.4, 0.5) is 0 Å². The molecule has 0 N–H and O–H groups in total. The highest BCUT2D eigenvalue weighted by Gasteiger charge is 1.97. The molecule has 0 aliphatic rings. The fourth-order valence-corrected chi connectivity index (χ4v) is 1.54. The van der Waals surface area contributed by atoms with Crippen LogP contribution in [0.5, 0.6) is 0 Å². The molecule has 0 spiro atoms. The Morgan fingerprint density at radius 2 is 2.07 bits per heavy atom. The average molecular weight is 186 g/mol. The van der Waals surface area contributed by atoms with Crippen LogP contribution in [-0.2, 0) is 6.42 Å². The van der Waals surface area contributed by atoms with E-state index in [0.717, 1.165) is 5.56 Å². The van der Waals surface area contributed by atoms with Gasteiger partial charge in [-0.2, -0.15) is 0 Å². The van der Waals surface area contributed by atoms with Crippen molar-refractivity contribution < 1.29 is 0 Å². The van der Waals surface area contributed by atoms with Crippen molar-refractivity contribution in [3.8, 4) is 11.8 Å². The Hall–Kier alpha value is -1.22. The molecule has 1 aromatic rings. The fourth-order valence-electron chi connectivity index (χ4n) is 1.54. The van der Waals surface area contributed by atoms with E-state index < -0.39 is 0 Å². The molecule has 0 fully saturated rings. The predicted octanol–water partition coefficient (Wildman–Crippen LogP) is 3.71. The second-order valence-corrected chi connectivity index (χ2v) is 3.63. The van der Waals surface area contributed by atoms with Crippen LogP contribution < -0.4 is 0 Å². The third-order valence-electron chi connectivity index (χ3n) is 2.37. The number of unbranched alkanes of at least 4 members (excludes halogenated alkanes) is 1. The molecule has 0 aliphatic carbocycles. The highest BCUT2D eigenvalue weighted by molar-refractivity contribution is 5.42. The maximum atomic E-state index is 3.11. The summed E-state index contributed by atoms with van der Waals surface area (Å²) in [5.74, 6) is 6.05. The molecule has 0 heterocycles. The van der Waals surface area contributed by atoms with Crippen molar-refractivity contribution in [1.29, 1.82) is 0 Å². The zero-order valence-corrected chi connectivity index (χ0v) is 9.35. The van der Waals surface area contributed by atoms with E-state index in [4.69, 9.17) is 0 Å². The Labute approximate surface area is 87.4 Å². The van der Waals surface area contributed by atoms with Crippen molar-refractivity contribution in [2.45, 2.75) is 40.0 Å². The van der Waals surface area contributed by atoms with E-state index in [-0.39, 0.29) is 0 Å². The van der Waals surface area contributed by atoms with Crippen LogP contribution in [0.2, 0.25) is 0 Å². The van der Waals surface area contributed by atoms with Gasteiger partial charge in [0, 0.05) is 5.56 Å². The number of hydrogen-bond acceptors (Lipinski definition) is 0. The van der Waals surface area contributed by atoms with E-state index >= 15 is 0 Å². The molecular weight excluding hydrogens is 168 g/mol. The zero-order chi connectivity index (χ0) is 10.4. The maximum Gasteiger partial charge on any atom is 0.0274 e. The third-order valence-corrected chi connectivity index (χ3v) is 2.37. The van der Waals surface area contributed by atoms with Crippen LogP contribution in [0.1, 0.15) is 43.4 Å². The molecule has 0 heteroatoms. The topological polar surface area (TPSA) is 0 Å². The number of rotatable bonds is 3. The number of hydrogen-bond donors (Lipinski definition) is 0. The number of benzene rings is 1. The first-order valence-corrected chi connectivity index (χ1v) is 5.30. The van der Waals surface area contributed by atoms with Gasteiger partial charge in [-0.05, 0) is 43.9 Å². The maximum absolute atomic E-state index is 3.11. The molecule has 0 nitrogen and oxygen atoms in total. The van der Waals surface area contributed by atoms with Crippen molar-refractivity contribution in [2.24, 2.45) is 0 Å². The van der Waals surface area contributed by atoms with E-state index in [1.54, 1.807) is 0 Å². The summed E-state index contributed by atoms with van der Waals surface area (Å²) in [6.45, 7) is 6.24. The molecule has 0 aromatic heterocycles. The first-order chi connectivity index (χ1) is 6.77. The largest absolute Gasteiger partial charge is 0.101 e. The van der Waals surface area contributed by atoms with Crippen LogP contribution in [-0.4, -0.2) is 0 Å². The van der Waals surface area contributed by atoms with Crippen LogP contribution in [0, 0.1) is 18.8 Å². The Kier molecular flexibility index (Phi) is 4.26. The molecule has 1 aromatic carbocycles. The number of aryl methyl sites for hydroxylation is 2. The third kappa shape index (κ3) is 2.92. The van der Waals surface area contributed by atoms with Gasteiger partial charge in [-0.1, -0.05) is 31.4 Å². The molecule has 0 amide bonds. The van der Waals surface area contributed by atoms with Gasteiger partial charge in [-0.15, -0.1) is 5.92 Å². The molecule has 0 unspecified atom stereocenters. The molecule has 0 saturated carbocycles. The van der Waals surface area contributed by atoms with E-state index in [1.807, 2.05) is 6.92 Å². The lowest BCUT2D eigenvalue weighted by atomic mass is 10.0. The van der Waals surface area contributed by atoms with Gasteiger partial charge in [0.15, 0.2) is 0 Å². The molecule has 1 rings (SSSR count). The minimum Gasteiger partial charge on any atom is -0.101 e. The standard InChI is InChI=1S/C14H18/c1-4-6-8-13-9-10-14(7-5-2)12(3)11-13/h9-11H,4,6,8H2,1-3H3. The highest BCUT2D eigenvalue weighted by Crippen LogP contribution is 2.12. The van der Waals surface area contributed by atoms with E-state index in [2.05, 4.69) is 43.9 Å². The molecule has 0 bridgehead atoms. The van der Waals surface area contributed by atoms with Crippen molar-refractivity contribution in [3.63, 3.8) is 0 Å². The average Bonchev–Trinajstić information content (AvgIpc) is 2.19. The van der Waals surface area contributed by atoms with E-state index in [0.29, 0.717) is 0 Å². The van der Waals surface area contributed by atoms with Gasteiger partial charge in [0.25, 0.3) is 0 Å². The highest BCUT2D eigenvalue weighted by atomic mass is 14.0. The molecule has 0 radical (unpaired) electrons. The second kappa shape index (κ2) is 5.50. The van der Waals surface area contributed by atoms with E-state index in [9.17, 15) is 0 Å². The SMILES string of the molecule is CC#Cc1ccc(CCCC)cc1C. The van der Waals surface area contributed by atoms with Crippen molar-refractivity contribution >= 4 is 0 Å². The van der Waals surface area contributed by atoms with Crippen molar-refractivity contribution in [3.05, 3.63) is 34.9 Å². The predicted molar refractivity (Wildman–Crippen MR) is 62.3 cm³/mol. The lowest BCUT2D eigenvalue weighted by Gasteiger charge is -2.03. The molecule has 74 valence electrons. The minimum absolute atomic E-state index is 1.16. The van der Waals surface area contributed by atoms with Crippen LogP contribution in [0.3, 0.4) is 0 Å². The Morgan fingerprint density at radius 3 is 2.64 bits per heavy atom. The van der Waals surface area contributed by atoms with E-state index in [1.165, 1.54) is 30.4 Å². The van der Waals surface area contributed by atoms with Gasteiger partial charge in [-0.25, -0.2) is 0 Å². The minimum atomic E-state index is 1.16. The van der Waals surface area contributed by atoms with Crippen LogP contribution >= 0.6 is 0 Å². The van der Waals surface area contributed by atoms with Gasteiger partial charge in [-0.3, -0.25) is 0 Å². The zero-order valence-electron chi connectivity index (χ0n) is 9.35. The van der Waals surface area contributed by atoms with Gasteiger partial charge < -0.3 is 0 Å². The first kappa shape index (κ1) is 10.9. The summed E-state index contributed by atoms with van der Waals surface area (Å²) in [5.41, 5.74) is 3.90. The summed E-state index contributed by atoms with van der Waals surface area (Å²) in [5, 5.41) is 0. The Morgan fingerprint density at radius 1 is 1.29 bits per heavy atom. The summed E-state index contributed by atoms with van der Waals surface area (Å²) >= 11 is 0. The lowest BCUT2D eigenvalue weighted by Crippen LogP contribution is -1.88. The molecule has 14 heavy (non-hydrogen) atoms. The van der Waals surface area contributed by atoms with Crippen molar-refractivity contribution in [1.82, 2.24) is 0 Å². The fraction of sp³-hybridized carbons (Fsp3) is 0.429. The summed E-state index contributed by atoms with van der Waals surface area (Å²) in [6.07, 6.45) is 3.73. The van der Waals surface area contributed by atoms with Gasteiger partial charge in [0.05, 0.1) is 0 Å². The quantitative estimate of drug-likeness (QED) is 0.631. The molecule has 0 atom stereocenters. The van der Waals surface area contributed by atoms with Gasteiger partial charge in [0.2, 0.25) is 0 Å². The molecule has 0 saturated heterocycles. The Bertz CT molecular complexity index is 350. The second-order valence-electron chi connectivity index (χ2n) is 3.63. The van der Waals surface area contributed by atoms with Gasteiger partial charge in [0.1, 0.15) is 0 Å². The normalized spacial score (nSPS) is 9.36. The first-order valence-electron chi connectivity index (χ1n) is 5.30. The van der Waals surface area contributed by atoms with Crippen molar-refractivity contribution in [2.75, 3.05) is 0 Å². The summed E-state index contributed by atoms with van der Waals surface area (Å²) in [7, 11) is 0. The summed E-state index contributed by atoms with van der Waals surface area (Å²) < 4.78 is 0. The monoisotopic (exact) mass is 186 g/mol. The molecule has 0 aliphatic heterocycles. The Balaban J connectivity index is 2.81. The van der Waals surface area contributed by atoms with Gasteiger partial charge >= 0.3 is 0 Å². The lowest BCUT2D eigenvalue weighted by molar-refractivity contribution is 0.794. The van der Waals surface area contributed by atoms with Crippen LogP contribution in [0.25, 0.3) is 0 Å². The summed E-state index contributed by atoms with van der Waals surface area (Å²) in [4.78, 5) is 0. The molecular formula is C14H18. The smallest absolute Gasteiger partial charge is 0.0274 e. The summed E-state index contributed by atoms with van der Waals surface area (Å²) in [6, 6.07) is 6.59.